The van der Waals surface area contributed by atoms with Gasteiger partial charge in [0.2, 0.25) is 0 Å². The highest BCUT2D eigenvalue weighted by Crippen LogP contribution is 2.09. The number of nitrogens with one attached hydrogen (secondary N) is 2. The van der Waals surface area contributed by atoms with Crippen molar-refractivity contribution in [2.75, 3.05) is 13.1 Å². The van der Waals surface area contributed by atoms with E-state index in [9.17, 15) is 18.4 Å². The van der Waals surface area contributed by atoms with Crippen LogP contribution in [0.25, 0.3) is 0 Å². The number of halogens is 2. The molecule has 1 aromatic rings. The standard InChI is InChI=1S/C14H18F2N2O3/c1-14(2,3)21-13(20)18-7-6-17-12(19)10-5-4-9(15)8-11(10)16/h4-5,8H,6-7H2,1-3H3,(H,17,19)(H,18,20). The average molecular weight is 300 g/mol. The lowest BCUT2D eigenvalue weighted by atomic mass is 10.2. The normalized spacial score (nSPS) is 10.9. The molecule has 0 aliphatic carbocycles. The Bertz CT molecular complexity index is 527. The lowest BCUT2D eigenvalue weighted by molar-refractivity contribution is 0.0526. The smallest absolute Gasteiger partial charge is 0.407 e. The molecule has 0 fully saturated rings. The maximum absolute atomic E-state index is 13.3. The summed E-state index contributed by atoms with van der Waals surface area (Å²) in [4.78, 5) is 22.9. The minimum Gasteiger partial charge on any atom is -0.444 e. The van der Waals surface area contributed by atoms with Crippen molar-refractivity contribution in [1.82, 2.24) is 10.6 Å². The Morgan fingerprint density at radius 3 is 2.33 bits per heavy atom. The number of ether oxygens (including phenoxy) is 1. The van der Waals surface area contributed by atoms with Crippen LogP contribution in [0.3, 0.4) is 0 Å². The average Bonchev–Trinajstić information content (AvgIpc) is 2.32. The molecular formula is C14H18F2N2O3. The molecule has 0 aromatic heterocycles. The van der Waals surface area contributed by atoms with E-state index >= 15 is 0 Å². The zero-order chi connectivity index (χ0) is 16.0. The van der Waals surface area contributed by atoms with Gasteiger partial charge in [0.1, 0.15) is 17.2 Å². The third-order valence-electron chi connectivity index (χ3n) is 2.25. The second kappa shape index (κ2) is 7.01. The monoisotopic (exact) mass is 300 g/mol. The van der Waals surface area contributed by atoms with Crippen molar-refractivity contribution < 1.29 is 23.1 Å². The molecule has 0 spiro atoms. The lowest BCUT2D eigenvalue weighted by Gasteiger charge is -2.19. The minimum absolute atomic E-state index is 0.0922. The Hall–Kier alpha value is -2.18. The number of amides is 2. The van der Waals surface area contributed by atoms with Crippen LogP contribution in [0, 0.1) is 11.6 Å². The first-order valence-electron chi connectivity index (χ1n) is 6.39. The van der Waals surface area contributed by atoms with Gasteiger partial charge in [-0.1, -0.05) is 0 Å². The van der Waals surface area contributed by atoms with Gasteiger partial charge in [-0.3, -0.25) is 4.79 Å². The van der Waals surface area contributed by atoms with Crippen molar-refractivity contribution >= 4 is 12.0 Å². The van der Waals surface area contributed by atoms with Crippen molar-refractivity contribution in [2.45, 2.75) is 26.4 Å². The molecule has 21 heavy (non-hydrogen) atoms. The van der Waals surface area contributed by atoms with Crippen LogP contribution >= 0.6 is 0 Å². The summed E-state index contributed by atoms with van der Waals surface area (Å²) in [7, 11) is 0. The molecular weight excluding hydrogens is 282 g/mol. The summed E-state index contributed by atoms with van der Waals surface area (Å²) in [6.07, 6.45) is -0.607. The highest BCUT2D eigenvalue weighted by Gasteiger charge is 2.16. The third-order valence-corrected chi connectivity index (χ3v) is 2.25. The van der Waals surface area contributed by atoms with Gasteiger partial charge in [-0.15, -0.1) is 0 Å². The van der Waals surface area contributed by atoms with Gasteiger partial charge in [0, 0.05) is 19.2 Å². The molecule has 0 saturated heterocycles. The first-order chi connectivity index (χ1) is 9.69. The molecule has 0 unspecified atom stereocenters. The largest absolute Gasteiger partial charge is 0.444 e. The van der Waals surface area contributed by atoms with Gasteiger partial charge in [-0.2, -0.15) is 0 Å². The predicted molar refractivity (Wildman–Crippen MR) is 72.9 cm³/mol. The Kier molecular flexibility index (Phi) is 5.63. The number of rotatable bonds is 4. The van der Waals surface area contributed by atoms with E-state index < -0.39 is 29.2 Å². The van der Waals surface area contributed by atoms with E-state index in [2.05, 4.69) is 10.6 Å². The topological polar surface area (TPSA) is 67.4 Å². The third kappa shape index (κ3) is 6.20. The summed E-state index contributed by atoms with van der Waals surface area (Å²) < 4.78 is 31.0. The fraction of sp³-hybridized carbons (Fsp3) is 0.429. The quantitative estimate of drug-likeness (QED) is 0.838. The van der Waals surface area contributed by atoms with Crippen LogP contribution in [0.4, 0.5) is 13.6 Å². The maximum atomic E-state index is 13.3. The molecule has 0 saturated carbocycles. The Labute approximate surface area is 121 Å². The fourth-order valence-electron chi connectivity index (χ4n) is 1.42. The molecule has 0 atom stereocenters. The zero-order valence-electron chi connectivity index (χ0n) is 12.1. The van der Waals surface area contributed by atoms with E-state index in [0.717, 1.165) is 12.1 Å². The molecule has 0 bridgehead atoms. The lowest BCUT2D eigenvalue weighted by Crippen LogP contribution is -2.38. The SMILES string of the molecule is CC(C)(C)OC(=O)NCCNC(=O)c1ccc(F)cc1F. The fourth-order valence-corrected chi connectivity index (χ4v) is 1.42. The summed E-state index contributed by atoms with van der Waals surface area (Å²) in [6, 6.07) is 2.69. The van der Waals surface area contributed by atoms with Crippen LogP contribution in [0.5, 0.6) is 0 Å². The van der Waals surface area contributed by atoms with Crippen LogP contribution in [-0.2, 0) is 4.74 Å². The van der Waals surface area contributed by atoms with Crippen LogP contribution in [0.15, 0.2) is 18.2 Å². The second-order valence-corrected chi connectivity index (χ2v) is 5.31. The van der Waals surface area contributed by atoms with Gasteiger partial charge in [0.15, 0.2) is 0 Å². The summed E-state index contributed by atoms with van der Waals surface area (Å²) in [5.74, 6) is -2.37. The first-order valence-corrected chi connectivity index (χ1v) is 6.39. The van der Waals surface area contributed by atoms with E-state index in [1.54, 1.807) is 20.8 Å². The van der Waals surface area contributed by atoms with Gasteiger partial charge < -0.3 is 15.4 Å². The minimum atomic E-state index is -0.937. The van der Waals surface area contributed by atoms with Gasteiger partial charge >= 0.3 is 6.09 Å². The van der Waals surface area contributed by atoms with Crippen LogP contribution < -0.4 is 10.6 Å². The second-order valence-electron chi connectivity index (χ2n) is 5.31. The molecule has 0 radical (unpaired) electrons. The molecule has 5 nitrogen and oxygen atoms in total. The number of benzene rings is 1. The van der Waals surface area contributed by atoms with Crippen molar-refractivity contribution in [2.24, 2.45) is 0 Å². The Morgan fingerprint density at radius 2 is 1.76 bits per heavy atom. The number of hydrogen-bond donors (Lipinski definition) is 2. The zero-order valence-corrected chi connectivity index (χ0v) is 12.1. The molecule has 1 aromatic carbocycles. The van der Waals surface area contributed by atoms with E-state index in [1.165, 1.54) is 0 Å². The molecule has 2 N–H and O–H groups in total. The molecule has 0 aliphatic rings. The van der Waals surface area contributed by atoms with Crippen LogP contribution in [-0.4, -0.2) is 30.7 Å². The van der Waals surface area contributed by atoms with Crippen LogP contribution in [0.2, 0.25) is 0 Å². The number of carbonyl (C=O) groups excluding carboxylic acids is 2. The van der Waals surface area contributed by atoms with E-state index in [4.69, 9.17) is 4.74 Å². The molecule has 116 valence electrons. The first kappa shape index (κ1) is 16.9. The van der Waals surface area contributed by atoms with Crippen molar-refractivity contribution in [3.63, 3.8) is 0 Å². The molecule has 0 aliphatic heterocycles. The predicted octanol–water partition coefficient (Wildman–Crippen LogP) is 2.22. The summed E-state index contributed by atoms with van der Waals surface area (Å²) >= 11 is 0. The van der Waals surface area contributed by atoms with Crippen molar-refractivity contribution in [3.05, 3.63) is 35.4 Å². The summed E-state index contributed by atoms with van der Waals surface area (Å²) in [5.41, 5.74) is -0.862. The number of carbonyl (C=O) groups is 2. The van der Waals surface area contributed by atoms with E-state index in [-0.39, 0.29) is 18.7 Å². The van der Waals surface area contributed by atoms with Gasteiger partial charge in [-0.05, 0) is 32.9 Å². The Morgan fingerprint density at radius 1 is 1.14 bits per heavy atom. The Balaban J connectivity index is 2.36. The molecule has 1 rings (SSSR count). The van der Waals surface area contributed by atoms with Gasteiger partial charge in [0.25, 0.3) is 5.91 Å². The number of hydrogen-bond acceptors (Lipinski definition) is 3. The van der Waals surface area contributed by atoms with E-state index in [1.807, 2.05) is 0 Å². The highest BCUT2D eigenvalue weighted by atomic mass is 19.1. The molecule has 0 heterocycles. The van der Waals surface area contributed by atoms with Crippen LogP contribution in [0.1, 0.15) is 31.1 Å². The van der Waals surface area contributed by atoms with Crippen molar-refractivity contribution in [3.8, 4) is 0 Å². The number of alkyl carbamates (subject to hydrolysis) is 1. The van der Waals surface area contributed by atoms with E-state index in [0.29, 0.717) is 6.07 Å². The van der Waals surface area contributed by atoms with Gasteiger partial charge in [0.05, 0.1) is 5.56 Å². The molecule has 2 amide bonds. The summed E-state index contributed by atoms with van der Waals surface area (Å²) in [6.45, 7) is 5.40. The summed E-state index contributed by atoms with van der Waals surface area (Å²) in [5, 5.41) is 4.85. The highest BCUT2D eigenvalue weighted by molar-refractivity contribution is 5.94. The maximum Gasteiger partial charge on any atom is 0.407 e. The van der Waals surface area contributed by atoms with Crippen molar-refractivity contribution in [1.29, 1.82) is 0 Å². The van der Waals surface area contributed by atoms with Gasteiger partial charge in [-0.25, -0.2) is 13.6 Å². The molecule has 7 heteroatoms.